The van der Waals surface area contributed by atoms with Crippen molar-refractivity contribution in [2.24, 2.45) is 0 Å². The molecule has 0 aromatic heterocycles. The summed E-state index contributed by atoms with van der Waals surface area (Å²) in [6, 6.07) is 7.44. The third kappa shape index (κ3) is 4.29. The van der Waals surface area contributed by atoms with E-state index in [4.69, 9.17) is 16.3 Å². The number of amides is 1. The highest BCUT2D eigenvalue weighted by Gasteiger charge is 2.19. The molecular weight excluding hydrogens is 340 g/mol. The standard InChI is InChI=1S/C17H14ClF2NO3/c1-2-24-17(23)12-7-13(15(20)8-14(12)18)16(22)21-9-10-3-5-11(19)6-4-10/h3-8H,2,9H2,1H3,(H,21,22). The summed E-state index contributed by atoms with van der Waals surface area (Å²) in [5.74, 6) is -2.72. The van der Waals surface area contributed by atoms with Crippen LogP contribution in [0.1, 0.15) is 33.2 Å². The fourth-order valence-electron chi connectivity index (χ4n) is 1.97. The maximum atomic E-state index is 14.0. The lowest BCUT2D eigenvalue weighted by molar-refractivity contribution is 0.0526. The molecule has 0 aliphatic carbocycles. The van der Waals surface area contributed by atoms with Gasteiger partial charge >= 0.3 is 5.97 Å². The molecule has 0 saturated heterocycles. The lowest BCUT2D eigenvalue weighted by Crippen LogP contribution is -2.24. The molecule has 0 fully saturated rings. The molecule has 126 valence electrons. The molecule has 0 atom stereocenters. The van der Waals surface area contributed by atoms with Gasteiger partial charge < -0.3 is 10.1 Å². The Morgan fingerprint density at radius 1 is 1.12 bits per heavy atom. The van der Waals surface area contributed by atoms with E-state index < -0.39 is 23.5 Å². The molecule has 0 unspecified atom stereocenters. The summed E-state index contributed by atoms with van der Waals surface area (Å²) in [7, 11) is 0. The number of hydrogen-bond donors (Lipinski definition) is 1. The Bertz CT molecular complexity index is 763. The number of halogens is 3. The first kappa shape index (κ1) is 17.9. The van der Waals surface area contributed by atoms with Gasteiger partial charge in [-0.15, -0.1) is 0 Å². The van der Waals surface area contributed by atoms with Gasteiger partial charge in [0, 0.05) is 6.54 Å². The number of esters is 1. The Morgan fingerprint density at radius 3 is 2.42 bits per heavy atom. The highest BCUT2D eigenvalue weighted by atomic mass is 35.5. The van der Waals surface area contributed by atoms with Crippen molar-refractivity contribution in [1.29, 1.82) is 0 Å². The van der Waals surface area contributed by atoms with Crippen LogP contribution in [0.3, 0.4) is 0 Å². The minimum atomic E-state index is -0.857. The summed E-state index contributed by atoms with van der Waals surface area (Å²) in [4.78, 5) is 23.9. The van der Waals surface area contributed by atoms with Crippen molar-refractivity contribution >= 4 is 23.5 Å². The number of nitrogens with one attached hydrogen (secondary N) is 1. The zero-order valence-corrected chi connectivity index (χ0v) is 13.5. The monoisotopic (exact) mass is 353 g/mol. The second-order valence-electron chi connectivity index (χ2n) is 4.84. The van der Waals surface area contributed by atoms with E-state index in [1.54, 1.807) is 6.92 Å². The maximum Gasteiger partial charge on any atom is 0.339 e. The van der Waals surface area contributed by atoms with Crippen molar-refractivity contribution in [3.05, 3.63) is 69.7 Å². The summed E-state index contributed by atoms with van der Waals surface area (Å²) in [5.41, 5.74) is 0.223. The normalized spacial score (nSPS) is 10.3. The van der Waals surface area contributed by atoms with Gasteiger partial charge in [0.2, 0.25) is 0 Å². The van der Waals surface area contributed by atoms with Crippen LogP contribution in [-0.4, -0.2) is 18.5 Å². The molecule has 1 N–H and O–H groups in total. The fraction of sp³-hybridized carbons (Fsp3) is 0.176. The second-order valence-corrected chi connectivity index (χ2v) is 5.25. The molecule has 7 heteroatoms. The van der Waals surface area contributed by atoms with Crippen LogP contribution in [0.25, 0.3) is 0 Å². The smallest absolute Gasteiger partial charge is 0.339 e. The fourth-order valence-corrected chi connectivity index (χ4v) is 2.20. The lowest BCUT2D eigenvalue weighted by atomic mass is 10.1. The van der Waals surface area contributed by atoms with Crippen LogP contribution in [0.15, 0.2) is 36.4 Å². The summed E-state index contributed by atoms with van der Waals surface area (Å²) < 4.78 is 31.6. The molecule has 1 amide bonds. The minimum absolute atomic E-state index is 0.0793. The zero-order valence-electron chi connectivity index (χ0n) is 12.7. The van der Waals surface area contributed by atoms with Gasteiger partial charge in [0.15, 0.2) is 0 Å². The average molecular weight is 354 g/mol. The van der Waals surface area contributed by atoms with Crippen LogP contribution in [0.5, 0.6) is 0 Å². The molecule has 0 radical (unpaired) electrons. The molecule has 0 aliphatic rings. The van der Waals surface area contributed by atoms with E-state index in [-0.39, 0.29) is 29.3 Å². The van der Waals surface area contributed by atoms with E-state index in [2.05, 4.69) is 5.32 Å². The van der Waals surface area contributed by atoms with Gasteiger partial charge in [-0.2, -0.15) is 0 Å². The Kier molecular flexibility index (Phi) is 5.87. The van der Waals surface area contributed by atoms with Crippen LogP contribution in [-0.2, 0) is 11.3 Å². The number of rotatable bonds is 5. The lowest BCUT2D eigenvalue weighted by Gasteiger charge is -2.10. The highest BCUT2D eigenvalue weighted by molar-refractivity contribution is 6.33. The van der Waals surface area contributed by atoms with Crippen LogP contribution in [0, 0.1) is 11.6 Å². The van der Waals surface area contributed by atoms with Gasteiger partial charge in [-0.1, -0.05) is 23.7 Å². The summed E-state index contributed by atoms with van der Waals surface area (Å²) in [5, 5.41) is 2.36. The van der Waals surface area contributed by atoms with Gasteiger partial charge in [0.25, 0.3) is 5.91 Å². The van der Waals surface area contributed by atoms with Crippen molar-refractivity contribution in [3.8, 4) is 0 Å². The van der Waals surface area contributed by atoms with Crippen molar-refractivity contribution in [1.82, 2.24) is 5.32 Å². The maximum absolute atomic E-state index is 14.0. The molecule has 2 aromatic rings. The molecule has 0 spiro atoms. The van der Waals surface area contributed by atoms with Crippen molar-refractivity contribution in [3.63, 3.8) is 0 Å². The summed E-state index contributed by atoms with van der Waals surface area (Å²) >= 11 is 5.82. The highest BCUT2D eigenvalue weighted by Crippen LogP contribution is 2.22. The number of carbonyl (C=O) groups is 2. The Labute approximate surface area is 142 Å². The Hall–Kier alpha value is -2.47. The van der Waals surface area contributed by atoms with E-state index in [0.29, 0.717) is 5.56 Å². The molecule has 0 aliphatic heterocycles. The first-order valence-electron chi connectivity index (χ1n) is 7.11. The van der Waals surface area contributed by atoms with E-state index in [1.165, 1.54) is 24.3 Å². The summed E-state index contributed by atoms with van der Waals surface area (Å²) in [6.45, 7) is 1.82. The van der Waals surface area contributed by atoms with Gasteiger partial charge in [-0.25, -0.2) is 13.6 Å². The minimum Gasteiger partial charge on any atom is -0.462 e. The van der Waals surface area contributed by atoms with Gasteiger partial charge in [-0.05, 0) is 36.8 Å². The molecule has 4 nitrogen and oxygen atoms in total. The van der Waals surface area contributed by atoms with Crippen LogP contribution in [0.4, 0.5) is 8.78 Å². The van der Waals surface area contributed by atoms with E-state index in [1.807, 2.05) is 0 Å². The van der Waals surface area contributed by atoms with Crippen molar-refractivity contribution in [2.45, 2.75) is 13.5 Å². The van der Waals surface area contributed by atoms with E-state index >= 15 is 0 Å². The number of hydrogen-bond acceptors (Lipinski definition) is 3. The largest absolute Gasteiger partial charge is 0.462 e. The molecule has 2 aromatic carbocycles. The first-order chi connectivity index (χ1) is 11.4. The van der Waals surface area contributed by atoms with Gasteiger partial charge in [0.05, 0.1) is 22.8 Å². The van der Waals surface area contributed by atoms with E-state index in [0.717, 1.165) is 12.1 Å². The number of ether oxygens (including phenoxy) is 1. The quantitative estimate of drug-likeness (QED) is 0.833. The molecule has 0 bridgehead atoms. The van der Waals surface area contributed by atoms with Crippen molar-refractivity contribution in [2.75, 3.05) is 6.61 Å². The van der Waals surface area contributed by atoms with E-state index in [9.17, 15) is 18.4 Å². The zero-order chi connectivity index (χ0) is 17.7. The predicted molar refractivity (Wildman–Crippen MR) is 84.9 cm³/mol. The number of carbonyl (C=O) groups excluding carboxylic acids is 2. The van der Waals surface area contributed by atoms with Gasteiger partial charge in [-0.3, -0.25) is 4.79 Å². The molecule has 0 heterocycles. The first-order valence-corrected chi connectivity index (χ1v) is 7.49. The van der Waals surface area contributed by atoms with Crippen molar-refractivity contribution < 1.29 is 23.1 Å². The molecule has 24 heavy (non-hydrogen) atoms. The Balaban J connectivity index is 2.17. The molecule has 0 saturated carbocycles. The molecular formula is C17H14ClF2NO3. The predicted octanol–water partition coefficient (Wildman–Crippen LogP) is 3.72. The topological polar surface area (TPSA) is 55.4 Å². The second kappa shape index (κ2) is 7.88. The number of benzene rings is 2. The summed E-state index contributed by atoms with van der Waals surface area (Å²) in [6.07, 6.45) is 0. The average Bonchev–Trinajstić information content (AvgIpc) is 2.54. The van der Waals surface area contributed by atoms with Gasteiger partial charge in [0.1, 0.15) is 11.6 Å². The third-order valence-electron chi connectivity index (χ3n) is 3.16. The Morgan fingerprint density at radius 2 is 1.79 bits per heavy atom. The van der Waals surface area contributed by atoms with Crippen LogP contribution < -0.4 is 5.32 Å². The SMILES string of the molecule is CCOC(=O)c1cc(C(=O)NCc2ccc(F)cc2)c(F)cc1Cl. The third-order valence-corrected chi connectivity index (χ3v) is 3.48. The van der Waals surface area contributed by atoms with Crippen LogP contribution >= 0.6 is 11.6 Å². The van der Waals surface area contributed by atoms with Crippen LogP contribution in [0.2, 0.25) is 5.02 Å². The molecule has 2 rings (SSSR count).